The average molecular weight is 294 g/mol. The van der Waals surface area contributed by atoms with Crippen LogP contribution < -0.4 is 10.6 Å². The van der Waals surface area contributed by atoms with Gasteiger partial charge >= 0.3 is 0 Å². The van der Waals surface area contributed by atoms with Gasteiger partial charge in [-0.3, -0.25) is 0 Å². The lowest BCUT2D eigenvalue weighted by Crippen LogP contribution is -2.23. The number of nitrogens with two attached hydrogens (primary N) is 1. The van der Waals surface area contributed by atoms with E-state index in [0.717, 1.165) is 34.5 Å². The summed E-state index contributed by atoms with van der Waals surface area (Å²) in [5, 5.41) is 3.78. The van der Waals surface area contributed by atoms with Crippen molar-refractivity contribution in [2.24, 2.45) is 0 Å². The molecule has 0 saturated carbocycles. The molecule has 3 rings (SSSR count). The van der Waals surface area contributed by atoms with E-state index in [-0.39, 0.29) is 0 Å². The highest BCUT2D eigenvalue weighted by Crippen LogP contribution is 2.36. The molecular formula is C13H18N4S2. The van der Waals surface area contributed by atoms with E-state index in [1.807, 2.05) is 5.38 Å². The summed E-state index contributed by atoms with van der Waals surface area (Å²) in [6.07, 6.45) is 5.24. The van der Waals surface area contributed by atoms with E-state index in [1.54, 1.807) is 11.3 Å². The molecule has 2 aromatic heterocycles. The maximum Gasteiger partial charge on any atom is 0.186 e. The van der Waals surface area contributed by atoms with Crippen molar-refractivity contribution in [3.63, 3.8) is 0 Å². The Kier molecular flexibility index (Phi) is 3.70. The second-order valence-electron chi connectivity index (χ2n) is 4.88. The number of nitrogens with zero attached hydrogens (tertiary/aromatic N) is 3. The van der Waals surface area contributed by atoms with Crippen LogP contribution in [0.15, 0.2) is 5.38 Å². The van der Waals surface area contributed by atoms with Crippen molar-refractivity contribution in [1.82, 2.24) is 9.97 Å². The molecule has 2 aromatic rings. The molecule has 0 bridgehead atoms. The van der Waals surface area contributed by atoms with Crippen molar-refractivity contribution in [2.75, 3.05) is 23.7 Å². The van der Waals surface area contributed by atoms with Crippen molar-refractivity contribution < 1.29 is 0 Å². The van der Waals surface area contributed by atoms with E-state index in [9.17, 15) is 0 Å². The predicted octanol–water partition coefficient (Wildman–Crippen LogP) is 3.54. The molecule has 19 heavy (non-hydrogen) atoms. The Morgan fingerprint density at radius 3 is 2.53 bits per heavy atom. The fraction of sp³-hybridized carbons (Fsp3) is 0.538. The summed E-state index contributed by atoms with van der Waals surface area (Å²) in [6.45, 7) is 4.32. The SMILES string of the molecule is Cc1nc(N2CCCCCC2)sc1-c1csc(N)n1. The molecule has 1 aliphatic heterocycles. The highest BCUT2D eigenvalue weighted by atomic mass is 32.1. The van der Waals surface area contributed by atoms with E-state index in [4.69, 9.17) is 10.7 Å². The molecular weight excluding hydrogens is 276 g/mol. The first kappa shape index (κ1) is 12.9. The molecule has 6 heteroatoms. The molecule has 0 aromatic carbocycles. The summed E-state index contributed by atoms with van der Waals surface area (Å²) >= 11 is 3.23. The number of aromatic nitrogens is 2. The van der Waals surface area contributed by atoms with Crippen LogP contribution in [-0.4, -0.2) is 23.1 Å². The first-order valence-electron chi connectivity index (χ1n) is 6.68. The van der Waals surface area contributed by atoms with Crippen molar-refractivity contribution in [2.45, 2.75) is 32.6 Å². The Morgan fingerprint density at radius 1 is 1.16 bits per heavy atom. The maximum absolute atomic E-state index is 5.72. The first-order valence-corrected chi connectivity index (χ1v) is 8.37. The summed E-state index contributed by atoms with van der Waals surface area (Å²) in [7, 11) is 0. The van der Waals surface area contributed by atoms with Crippen LogP contribution in [0.4, 0.5) is 10.3 Å². The Bertz CT molecular complexity index is 553. The van der Waals surface area contributed by atoms with E-state index in [1.165, 1.54) is 37.0 Å². The van der Waals surface area contributed by atoms with Crippen LogP contribution >= 0.6 is 22.7 Å². The van der Waals surface area contributed by atoms with Crippen LogP contribution in [0.25, 0.3) is 10.6 Å². The minimum absolute atomic E-state index is 0.624. The zero-order valence-corrected chi connectivity index (χ0v) is 12.7. The summed E-state index contributed by atoms with van der Waals surface area (Å²) in [5.74, 6) is 0. The van der Waals surface area contributed by atoms with E-state index in [2.05, 4.69) is 16.8 Å². The monoisotopic (exact) mass is 294 g/mol. The molecule has 1 saturated heterocycles. The summed E-state index contributed by atoms with van der Waals surface area (Å²) in [4.78, 5) is 12.7. The largest absolute Gasteiger partial charge is 0.375 e. The summed E-state index contributed by atoms with van der Waals surface area (Å²) in [5.41, 5.74) is 7.75. The van der Waals surface area contributed by atoms with Gasteiger partial charge in [-0.15, -0.1) is 11.3 Å². The minimum atomic E-state index is 0.624. The molecule has 3 heterocycles. The third-order valence-electron chi connectivity index (χ3n) is 3.42. The Balaban J connectivity index is 1.88. The van der Waals surface area contributed by atoms with Gasteiger partial charge in [0, 0.05) is 18.5 Å². The molecule has 0 aliphatic carbocycles. The van der Waals surface area contributed by atoms with Gasteiger partial charge in [0.05, 0.1) is 16.3 Å². The van der Waals surface area contributed by atoms with Crippen LogP contribution in [0.2, 0.25) is 0 Å². The molecule has 0 atom stereocenters. The number of hydrogen-bond acceptors (Lipinski definition) is 6. The van der Waals surface area contributed by atoms with Crippen LogP contribution in [0, 0.1) is 6.92 Å². The van der Waals surface area contributed by atoms with E-state index >= 15 is 0 Å². The highest BCUT2D eigenvalue weighted by Gasteiger charge is 2.17. The zero-order valence-electron chi connectivity index (χ0n) is 11.1. The Labute approximate surface area is 121 Å². The van der Waals surface area contributed by atoms with Crippen LogP contribution in [0.5, 0.6) is 0 Å². The molecule has 2 N–H and O–H groups in total. The molecule has 4 nitrogen and oxygen atoms in total. The number of rotatable bonds is 2. The number of anilines is 2. The second kappa shape index (κ2) is 5.46. The van der Waals surface area contributed by atoms with Gasteiger partial charge < -0.3 is 10.6 Å². The fourth-order valence-electron chi connectivity index (χ4n) is 2.41. The lowest BCUT2D eigenvalue weighted by Gasteiger charge is -2.18. The molecule has 1 aliphatic rings. The molecule has 0 spiro atoms. The summed E-state index contributed by atoms with van der Waals surface area (Å²) < 4.78 is 0. The maximum atomic E-state index is 5.72. The quantitative estimate of drug-likeness (QED) is 0.920. The van der Waals surface area contributed by atoms with Gasteiger partial charge in [-0.25, -0.2) is 9.97 Å². The average Bonchev–Trinajstić information content (AvgIpc) is 2.86. The van der Waals surface area contributed by atoms with Crippen molar-refractivity contribution in [3.8, 4) is 10.6 Å². The van der Waals surface area contributed by atoms with Gasteiger partial charge in [-0.05, 0) is 19.8 Å². The standard InChI is InChI=1S/C13H18N4S2/c1-9-11(10-8-18-12(14)16-10)19-13(15-9)17-6-4-2-3-5-7-17/h8H,2-7H2,1H3,(H2,14,16). The molecule has 0 radical (unpaired) electrons. The van der Waals surface area contributed by atoms with Gasteiger partial charge in [0.1, 0.15) is 0 Å². The van der Waals surface area contributed by atoms with Crippen LogP contribution in [0.1, 0.15) is 31.4 Å². The number of hydrogen-bond donors (Lipinski definition) is 1. The molecule has 102 valence electrons. The van der Waals surface area contributed by atoms with Gasteiger partial charge in [-0.2, -0.15) is 0 Å². The number of nitrogen functional groups attached to an aromatic ring is 1. The van der Waals surface area contributed by atoms with Gasteiger partial charge in [-0.1, -0.05) is 24.2 Å². The van der Waals surface area contributed by atoms with Crippen molar-refractivity contribution in [3.05, 3.63) is 11.1 Å². The smallest absolute Gasteiger partial charge is 0.186 e. The highest BCUT2D eigenvalue weighted by molar-refractivity contribution is 7.19. The third kappa shape index (κ3) is 2.74. The number of aryl methyl sites for hydroxylation is 1. The number of thiazole rings is 2. The van der Waals surface area contributed by atoms with E-state index < -0.39 is 0 Å². The van der Waals surface area contributed by atoms with Crippen molar-refractivity contribution in [1.29, 1.82) is 0 Å². The normalized spacial score (nSPS) is 16.6. The molecule has 0 amide bonds. The summed E-state index contributed by atoms with van der Waals surface area (Å²) in [6, 6.07) is 0. The third-order valence-corrected chi connectivity index (χ3v) is 5.33. The second-order valence-corrected chi connectivity index (χ2v) is 6.75. The molecule has 1 fully saturated rings. The van der Waals surface area contributed by atoms with Gasteiger partial charge in [0.15, 0.2) is 10.3 Å². The first-order chi connectivity index (χ1) is 9.24. The zero-order chi connectivity index (χ0) is 13.2. The van der Waals surface area contributed by atoms with Crippen LogP contribution in [-0.2, 0) is 0 Å². The van der Waals surface area contributed by atoms with Crippen LogP contribution in [0.3, 0.4) is 0 Å². The molecule has 0 unspecified atom stereocenters. The van der Waals surface area contributed by atoms with Gasteiger partial charge in [0.25, 0.3) is 0 Å². The van der Waals surface area contributed by atoms with Crippen molar-refractivity contribution >= 4 is 32.9 Å². The van der Waals surface area contributed by atoms with Gasteiger partial charge in [0.2, 0.25) is 0 Å². The minimum Gasteiger partial charge on any atom is -0.375 e. The lowest BCUT2D eigenvalue weighted by molar-refractivity contribution is 0.726. The lowest BCUT2D eigenvalue weighted by atomic mass is 10.2. The Morgan fingerprint density at radius 2 is 1.89 bits per heavy atom. The Hall–Kier alpha value is -1.14. The fourth-order valence-corrected chi connectivity index (χ4v) is 4.12. The van der Waals surface area contributed by atoms with E-state index in [0.29, 0.717) is 5.13 Å². The predicted molar refractivity (Wildman–Crippen MR) is 83.1 cm³/mol. The topological polar surface area (TPSA) is 55.0 Å².